The Labute approximate surface area is 168 Å². The fraction of sp³-hybridized carbons (Fsp3) is 0.0870. The standard InChI is InChI=1S/C23H20N4O2/c1-26(2)18-12-10-17(11-13-18)24-22(28)21-14-15-27(25-21)23(29)20-9-5-7-16-6-3-4-8-19(16)20/h3-15H,1-2H3,(H,24,28). The number of carbonyl (C=O) groups excluding carboxylic acids is 2. The van der Waals surface area contributed by atoms with Gasteiger partial charge >= 0.3 is 0 Å². The average Bonchev–Trinajstić information content (AvgIpc) is 3.24. The van der Waals surface area contributed by atoms with E-state index in [1.165, 1.54) is 16.9 Å². The molecule has 0 spiro atoms. The van der Waals surface area contributed by atoms with Crippen LogP contribution in [0.1, 0.15) is 20.8 Å². The first-order valence-electron chi connectivity index (χ1n) is 9.20. The first kappa shape index (κ1) is 18.4. The van der Waals surface area contributed by atoms with E-state index in [-0.39, 0.29) is 17.5 Å². The van der Waals surface area contributed by atoms with Crippen LogP contribution < -0.4 is 10.2 Å². The van der Waals surface area contributed by atoms with Crippen molar-refractivity contribution in [1.82, 2.24) is 9.78 Å². The van der Waals surface area contributed by atoms with Crippen LogP contribution in [0.5, 0.6) is 0 Å². The van der Waals surface area contributed by atoms with Crippen molar-refractivity contribution < 1.29 is 9.59 Å². The number of carbonyl (C=O) groups is 2. The molecule has 4 rings (SSSR count). The molecule has 0 saturated carbocycles. The Kier molecular flexibility index (Phi) is 4.83. The monoisotopic (exact) mass is 384 g/mol. The molecule has 0 bridgehead atoms. The molecule has 4 aromatic rings. The van der Waals surface area contributed by atoms with E-state index in [4.69, 9.17) is 0 Å². The van der Waals surface area contributed by atoms with E-state index in [0.29, 0.717) is 11.3 Å². The third-order valence-electron chi connectivity index (χ3n) is 4.69. The minimum Gasteiger partial charge on any atom is -0.378 e. The highest BCUT2D eigenvalue weighted by Crippen LogP contribution is 2.20. The van der Waals surface area contributed by atoms with E-state index in [9.17, 15) is 9.59 Å². The Morgan fingerprint density at radius 3 is 2.38 bits per heavy atom. The van der Waals surface area contributed by atoms with Gasteiger partial charge in [-0.1, -0.05) is 36.4 Å². The number of nitrogens with zero attached hydrogens (tertiary/aromatic N) is 3. The van der Waals surface area contributed by atoms with E-state index in [1.807, 2.05) is 79.7 Å². The molecule has 0 aliphatic heterocycles. The van der Waals surface area contributed by atoms with Crippen molar-refractivity contribution in [3.8, 4) is 0 Å². The lowest BCUT2D eigenvalue weighted by Crippen LogP contribution is -2.17. The van der Waals surface area contributed by atoms with Crippen LogP contribution >= 0.6 is 0 Å². The van der Waals surface area contributed by atoms with E-state index in [2.05, 4.69) is 10.4 Å². The largest absolute Gasteiger partial charge is 0.378 e. The van der Waals surface area contributed by atoms with E-state index >= 15 is 0 Å². The highest BCUT2D eigenvalue weighted by Gasteiger charge is 2.16. The van der Waals surface area contributed by atoms with Gasteiger partial charge in [-0.15, -0.1) is 0 Å². The number of aromatic nitrogens is 2. The van der Waals surface area contributed by atoms with Crippen LogP contribution in [0.2, 0.25) is 0 Å². The van der Waals surface area contributed by atoms with E-state index < -0.39 is 0 Å². The summed E-state index contributed by atoms with van der Waals surface area (Å²) in [6.07, 6.45) is 1.51. The Bertz CT molecular complexity index is 1190. The van der Waals surface area contributed by atoms with Gasteiger partial charge in [-0.3, -0.25) is 9.59 Å². The molecule has 6 heteroatoms. The first-order valence-corrected chi connectivity index (χ1v) is 9.20. The van der Waals surface area contributed by atoms with Crippen LogP contribution in [-0.2, 0) is 0 Å². The zero-order chi connectivity index (χ0) is 20.4. The van der Waals surface area contributed by atoms with Crippen molar-refractivity contribution in [2.45, 2.75) is 0 Å². The number of hydrogen-bond donors (Lipinski definition) is 1. The lowest BCUT2D eigenvalue weighted by atomic mass is 10.0. The van der Waals surface area contributed by atoms with E-state index in [1.54, 1.807) is 6.07 Å². The second kappa shape index (κ2) is 7.59. The molecule has 0 unspecified atom stereocenters. The van der Waals surface area contributed by atoms with Gasteiger partial charge in [-0.25, -0.2) is 4.68 Å². The van der Waals surface area contributed by atoms with Gasteiger partial charge in [-0.05, 0) is 47.2 Å². The summed E-state index contributed by atoms with van der Waals surface area (Å²) in [6.45, 7) is 0. The Morgan fingerprint density at radius 2 is 1.62 bits per heavy atom. The van der Waals surface area contributed by atoms with Gasteiger partial charge in [0.05, 0.1) is 0 Å². The van der Waals surface area contributed by atoms with E-state index in [0.717, 1.165) is 16.5 Å². The molecule has 0 saturated heterocycles. The van der Waals surface area contributed by atoms with Gasteiger partial charge in [0.1, 0.15) is 0 Å². The topological polar surface area (TPSA) is 67.2 Å². The Morgan fingerprint density at radius 1 is 0.897 bits per heavy atom. The van der Waals surface area contributed by atoms with Crippen molar-refractivity contribution in [3.05, 3.63) is 90.3 Å². The molecule has 1 heterocycles. The maximum Gasteiger partial charge on any atom is 0.278 e. The second-order valence-electron chi connectivity index (χ2n) is 6.87. The molecular weight excluding hydrogens is 364 g/mol. The minimum absolute atomic E-state index is 0.176. The fourth-order valence-corrected chi connectivity index (χ4v) is 3.13. The van der Waals surface area contributed by atoms with Gasteiger partial charge < -0.3 is 10.2 Å². The van der Waals surface area contributed by atoms with Crippen LogP contribution in [0, 0.1) is 0 Å². The van der Waals surface area contributed by atoms with Gasteiger partial charge in [0.25, 0.3) is 11.8 Å². The highest BCUT2D eigenvalue weighted by atomic mass is 16.2. The van der Waals surface area contributed by atoms with Crippen LogP contribution in [0.15, 0.2) is 79.0 Å². The van der Waals surface area contributed by atoms with Crippen LogP contribution in [0.4, 0.5) is 11.4 Å². The first-order chi connectivity index (χ1) is 14.0. The summed E-state index contributed by atoms with van der Waals surface area (Å²) in [5.74, 6) is -0.650. The third-order valence-corrected chi connectivity index (χ3v) is 4.69. The van der Waals surface area contributed by atoms with Gasteiger partial charge in [0.15, 0.2) is 5.69 Å². The Balaban J connectivity index is 1.54. The molecule has 0 fully saturated rings. The van der Waals surface area contributed by atoms with Gasteiger partial charge in [0.2, 0.25) is 0 Å². The third kappa shape index (κ3) is 3.73. The van der Waals surface area contributed by atoms with Crippen LogP contribution in [0.25, 0.3) is 10.8 Å². The summed E-state index contributed by atoms with van der Waals surface area (Å²) in [4.78, 5) is 27.4. The van der Waals surface area contributed by atoms with Crippen molar-refractivity contribution in [1.29, 1.82) is 0 Å². The van der Waals surface area contributed by atoms with Gasteiger partial charge in [0, 0.05) is 37.2 Å². The smallest absolute Gasteiger partial charge is 0.278 e. The summed E-state index contributed by atoms with van der Waals surface area (Å²) in [7, 11) is 3.90. The molecule has 144 valence electrons. The lowest BCUT2D eigenvalue weighted by Gasteiger charge is -2.12. The van der Waals surface area contributed by atoms with Crippen LogP contribution in [-0.4, -0.2) is 35.7 Å². The average molecular weight is 384 g/mol. The molecular formula is C23H20N4O2. The van der Waals surface area contributed by atoms with Gasteiger partial charge in [-0.2, -0.15) is 5.10 Å². The normalized spacial score (nSPS) is 10.7. The maximum atomic E-state index is 12.9. The number of hydrogen-bond acceptors (Lipinski definition) is 4. The van der Waals surface area contributed by atoms with Crippen molar-refractivity contribution in [2.24, 2.45) is 0 Å². The molecule has 0 aliphatic carbocycles. The fourth-order valence-electron chi connectivity index (χ4n) is 3.13. The molecule has 29 heavy (non-hydrogen) atoms. The highest BCUT2D eigenvalue weighted by molar-refractivity contribution is 6.08. The summed E-state index contributed by atoms with van der Waals surface area (Å²) in [5.41, 5.74) is 2.41. The number of benzene rings is 3. The molecule has 3 aromatic carbocycles. The molecule has 6 nitrogen and oxygen atoms in total. The number of fused-ring (bicyclic) bond motifs is 1. The molecule has 0 radical (unpaired) electrons. The molecule has 0 aliphatic rings. The summed E-state index contributed by atoms with van der Waals surface area (Å²) in [5, 5.41) is 8.81. The second-order valence-corrected chi connectivity index (χ2v) is 6.87. The zero-order valence-electron chi connectivity index (χ0n) is 16.2. The molecule has 1 N–H and O–H groups in total. The summed E-state index contributed by atoms with van der Waals surface area (Å²) >= 11 is 0. The predicted octanol–water partition coefficient (Wildman–Crippen LogP) is 4.04. The van der Waals surface area contributed by atoms with Crippen molar-refractivity contribution in [2.75, 3.05) is 24.3 Å². The predicted molar refractivity (Wildman–Crippen MR) is 115 cm³/mol. The molecule has 0 atom stereocenters. The summed E-state index contributed by atoms with van der Waals surface area (Å²) in [6, 6.07) is 22.2. The quantitative estimate of drug-likeness (QED) is 0.577. The van der Waals surface area contributed by atoms with Crippen LogP contribution in [0.3, 0.4) is 0 Å². The molecule has 1 amide bonds. The Hall–Kier alpha value is -3.93. The SMILES string of the molecule is CN(C)c1ccc(NC(=O)c2ccn(C(=O)c3cccc4ccccc34)n2)cc1. The van der Waals surface area contributed by atoms with Crippen molar-refractivity contribution in [3.63, 3.8) is 0 Å². The molecule has 1 aromatic heterocycles. The zero-order valence-corrected chi connectivity index (χ0v) is 16.2. The lowest BCUT2D eigenvalue weighted by molar-refractivity contribution is 0.0945. The number of amides is 1. The summed E-state index contributed by atoms with van der Waals surface area (Å²) < 4.78 is 1.20. The maximum absolute atomic E-state index is 12.9. The number of nitrogens with one attached hydrogen (secondary N) is 1. The number of anilines is 2. The minimum atomic E-state index is -0.368. The number of rotatable bonds is 4. The van der Waals surface area contributed by atoms with Crippen molar-refractivity contribution >= 4 is 34.0 Å².